The Morgan fingerprint density at radius 2 is 1.25 bits per heavy atom. The van der Waals surface area contributed by atoms with Crippen LogP contribution in [0.25, 0.3) is 21.5 Å². The van der Waals surface area contributed by atoms with E-state index in [0.717, 1.165) is 11.1 Å². The number of nitrogens with two attached hydrogens (primary N) is 1. The van der Waals surface area contributed by atoms with Crippen molar-refractivity contribution in [3.63, 3.8) is 0 Å². The largest absolute Gasteiger partial charge is 0.480 e. The number of carboxylic acids is 2. The molecule has 0 aliphatic rings. The molecule has 10 heteroatoms. The van der Waals surface area contributed by atoms with Crippen LogP contribution in [0, 0.1) is 0 Å². The van der Waals surface area contributed by atoms with Gasteiger partial charge in [0, 0.05) is 30.6 Å². The third-order valence-corrected chi connectivity index (χ3v) is 6.34. The van der Waals surface area contributed by atoms with Crippen molar-refractivity contribution in [3.8, 4) is 0 Å². The second-order valence-corrected chi connectivity index (χ2v) is 9.42. The Kier molecular flexibility index (Phi) is 10.4. The first-order valence-corrected chi connectivity index (χ1v) is 12.3. The summed E-state index contributed by atoms with van der Waals surface area (Å²) in [5.41, 5.74) is 5.46. The number of hydrogen-bond donors (Lipinski definition) is 4. The Bertz CT molecular complexity index is 1370. The van der Waals surface area contributed by atoms with Crippen molar-refractivity contribution in [1.29, 1.82) is 0 Å². The SMILES string of the molecule is CN(C)c1cccc2c(S(=O)(=O)NCC(=O)O)cccc12.NCC(=O)O.c1ccc2ccccc2c1. The Morgan fingerprint density at radius 3 is 1.69 bits per heavy atom. The Labute approximate surface area is 209 Å². The van der Waals surface area contributed by atoms with Gasteiger partial charge in [0.25, 0.3) is 0 Å². The second-order valence-electron chi connectivity index (χ2n) is 7.69. The van der Waals surface area contributed by atoms with E-state index >= 15 is 0 Å². The summed E-state index contributed by atoms with van der Waals surface area (Å²) in [4.78, 5) is 21.8. The quantitative estimate of drug-likeness (QED) is 0.308. The van der Waals surface area contributed by atoms with Gasteiger partial charge < -0.3 is 20.8 Å². The molecule has 0 fully saturated rings. The van der Waals surface area contributed by atoms with E-state index in [1.165, 1.54) is 16.8 Å². The van der Waals surface area contributed by atoms with Gasteiger partial charge >= 0.3 is 11.9 Å². The van der Waals surface area contributed by atoms with E-state index in [2.05, 4.69) is 59.0 Å². The molecule has 0 saturated heterocycles. The first-order chi connectivity index (χ1) is 17.1. The van der Waals surface area contributed by atoms with Crippen molar-refractivity contribution in [1.82, 2.24) is 4.72 Å². The Balaban J connectivity index is 0.000000249. The third kappa shape index (κ3) is 8.05. The highest BCUT2D eigenvalue weighted by atomic mass is 32.2. The fourth-order valence-corrected chi connectivity index (χ4v) is 4.45. The van der Waals surface area contributed by atoms with Gasteiger partial charge in [0.15, 0.2) is 0 Å². The molecule has 0 aliphatic heterocycles. The van der Waals surface area contributed by atoms with Crippen LogP contribution < -0.4 is 15.4 Å². The molecule has 0 bridgehead atoms. The average Bonchev–Trinajstić information content (AvgIpc) is 2.87. The number of hydrogen-bond acceptors (Lipinski definition) is 6. The van der Waals surface area contributed by atoms with Gasteiger partial charge in [-0.1, -0.05) is 72.8 Å². The zero-order valence-corrected chi connectivity index (χ0v) is 20.8. The first-order valence-electron chi connectivity index (χ1n) is 10.8. The monoisotopic (exact) mass is 511 g/mol. The highest BCUT2D eigenvalue weighted by Crippen LogP contribution is 2.29. The third-order valence-electron chi connectivity index (χ3n) is 4.88. The molecule has 0 spiro atoms. The molecule has 0 saturated carbocycles. The standard InChI is InChI=1S/C14H16N2O4S.C10H8.C2H5NO2/c1-16(2)12-7-3-6-11-10(12)5-4-8-13(11)21(19,20)15-9-14(17)18;1-2-6-10-8-4-3-7-9(10)5-1;3-1-2(4)5/h3-8,15H,9H2,1-2H3,(H,17,18);1-8H;1,3H2,(H,4,5). The predicted molar refractivity (Wildman–Crippen MR) is 142 cm³/mol. The molecule has 0 aliphatic carbocycles. The fraction of sp³-hybridized carbons (Fsp3) is 0.154. The minimum Gasteiger partial charge on any atom is -0.480 e. The van der Waals surface area contributed by atoms with E-state index < -0.39 is 28.5 Å². The molecule has 9 nitrogen and oxygen atoms in total. The number of fused-ring (bicyclic) bond motifs is 2. The maximum Gasteiger partial charge on any atom is 0.318 e. The minimum atomic E-state index is -3.87. The lowest BCUT2D eigenvalue weighted by molar-refractivity contribution is -0.136. The number of benzene rings is 4. The van der Waals surface area contributed by atoms with E-state index in [-0.39, 0.29) is 11.4 Å². The molecule has 0 unspecified atom stereocenters. The lowest BCUT2D eigenvalue weighted by Gasteiger charge is -2.16. The lowest BCUT2D eigenvalue weighted by atomic mass is 10.1. The smallest absolute Gasteiger partial charge is 0.318 e. The molecule has 36 heavy (non-hydrogen) atoms. The van der Waals surface area contributed by atoms with E-state index in [1.807, 2.05) is 31.1 Å². The van der Waals surface area contributed by atoms with Crippen LogP contribution in [0.5, 0.6) is 0 Å². The molecule has 4 aromatic rings. The topological polar surface area (TPSA) is 150 Å². The van der Waals surface area contributed by atoms with E-state index in [1.54, 1.807) is 18.2 Å². The normalized spacial score (nSPS) is 10.5. The van der Waals surface area contributed by atoms with Crippen molar-refractivity contribution in [2.45, 2.75) is 4.90 Å². The van der Waals surface area contributed by atoms with Gasteiger partial charge in [-0.3, -0.25) is 9.59 Å². The molecule has 4 rings (SSSR count). The molecule has 4 aromatic carbocycles. The van der Waals surface area contributed by atoms with Gasteiger partial charge in [-0.15, -0.1) is 0 Å². The van der Waals surface area contributed by atoms with Crippen LogP contribution in [0.1, 0.15) is 0 Å². The summed E-state index contributed by atoms with van der Waals surface area (Å²) in [7, 11) is -0.126. The number of rotatable bonds is 6. The zero-order chi connectivity index (χ0) is 26.7. The van der Waals surface area contributed by atoms with Crippen molar-refractivity contribution in [2.24, 2.45) is 5.73 Å². The molecule has 0 radical (unpaired) electrons. The molecule has 190 valence electrons. The summed E-state index contributed by atoms with van der Waals surface area (Å²) < 4.78 is 26.6. The highest BCUT2D eigenvalue weighted by molar-refractivity contribution is 7.89. The Morgan fingerprint density at radius 1 is 0.778 bits per heavy atom. The molecule has 0 aromatic heterocycles. The van der Waals surface area contributed by atoms with E-state index in [4.69, 9.17) is 10.2 Å². The Hall–Kier alpha value is -3.99. The minimum absolute atomic E-state index is 0.0740. The van der Waals surface area contributed by atoms with Gasteiger partial charge in [0.2, 0.25) is 10.0 Å². The van der Waals surface area contributed by atoms with Crippen LogP contribution in [0.4, 0.5) is 5.69 Å². The summed E-state index contributed by atoms with van der Waals surface area (Å²) in [6.45, 7) is -0.925. The van der Waals surface area contributed by atoms with E-state index in [9.17, 15) is 18.0 Å². The zero-order valence-electron chi connectivity index (χ0n) is 20.0. The van der Waals surface area contributed by atoms with Crippen LogP contribution in [0.2, 0.25) is 0 Å². The van der Waals surface area contributed by atoms with Crippen LogP contribution in [0.15, 0.2) is 89.8 Å². The number of nitrogens with one attached hydrogen (secondary N) is 1. The van der Waals surface area contributed by atoms with Crippen LogP contribution in [0.3, 0.4) is 0 Å². The van der Waals surface area contributed by atoms with Crippen LogP contribution in [-0.4, -0.2) is 57.8 Å². The van der Waals surface area contributed by atoms with Gasteiger partial charge in [-0.2, -0.15) is 4.72 Å². The summed E-state index contributed by atoms with van der Waals surface area (Å²) in [6, 6.07) is 27.0. The van der Waals surface area contributed by atoms with Crippen molar-refractivity contribution in [3.05, 3.63) is 84.9 Å². The molecule has 0 amide bonds. The summed E-state index contributed by atoms with van der Waals surface area (Å²) in [5.74, 6) is -2.20. The van der Waals surface area contributed by atoms with Crippen molar-refractivity contribution in [2.75, 3.05) is 32.1 Å². The average molecular weight is 512 g/mol. The number of carboxylic acid groups (broad SMARTS) is 2. The van der Waals surface area contributed by atoms with Gasteiger partial charge in [0.05, 0.1) is 11.4 Å². The molecule has 5 N–H and O–H groups in total. The van der Waals surface area contributed by atoms with Crippen LogP contribution >= 0.6 is 0 Å². The summed E-state index contributed by atoms with van der Waals surface area (Å²) >= 11 is 0. The van der Waals surface area contributed by atoms with Gasteiger partial charge in [0.1, 0.15) is 6.54 Å². The fourth-order valence-electron chi connectivity index (χ4n) is 3.26. The van der Waals surface area contributed by atoms with Crippen molar-refractivity contribution < 1.29 is 28.2 Å². The first kappa shape index (κ1) is 28.2. The molecule has 0 heterocycles. The maximum absolute atomic E-state index is 12.2. The van der Waals surface area contributed by atoms with Crippen molar-refractivity contribution >= 4 is 49.2 Å². The number of anilines is 1. The number of aliphatic carboxylic acids is 2. The number of nitrogens with zero attached hydrogens (tertiary/aromatic N) is 1. The second kappa shape index (κ2) is 13.2. The number of sulfonamides is 1. The molecular weight excluding hydrogens is 482 g/mol. The highest BCUT2D eigenvalue weighted by Gasteiger charge is 2.19. The summed E-state index contributed by atoms with van der Waals surface area (Å²) in [5, 5.41) is 20.2. The molecule has 0 atom stereocenters. The lowest BCUT2D eigenvalue weighted by Crippen LogP contribution is -2.29. The van der Waals surface area contributed by atoms with Gasteiger partial charge in [-0.05, 0) is 22.9 Å². The predicted octanol–water partition coefficient (Wildman–Crippen LogP) is 3.14. The molecular formula is C26H29N3O6S. The summed E-state index contributed by atoms with van der Waals surface area (Å²) in [6.07, 6.45) is 0. The van der Waals surface area contributed by atoms with Crippen LogP contribution in [-0.2, 0) is 19.6 Å². The number of carbonyl (C=O) groups is 2. The maximum atomic E-state index is 12.2. The van der Waals surface area contributed by atoms with E-state index in [0.29, 0.717) is 5.39 Å². The van der Waals surface area contributed by atoms with Gasteiger partial charge in [-0.25, -0.2) is 8.42 Å².